The molecule has 0 spiro atoms. The van der Waals surface area contributed by atoms with Gasteiger partial charge < -0.3 is 40.9 Å². The second-order valence-corrected chi connectivity index (χ2v) is 31.0. The number of aromatic nitrogens is 8. The summed E-state index contributed by atoms with van der Waals surface area (Å²) < 4.78 is 57.1. The van der Waals surface area contributed by atoms with E-state index in [4.69, 9.17) is 9.97 Å². The molecule has 116 heavy (non-hydrogen) atoms. The SMILES string of the molecule is CCc1ccc(N2CCNC(c3ccccc3)C2)nc1C(=O)c1cccnc1C.CCc1ccc(N2CCN[C@@H](CC(C)C)C2)nc1C(=O)c1cccnc1C.Cc1ncccc1C(=O)c1nc(N2CCNC(c3ccccc3)C2)ccc1C(C)(F)F.Cc1ncccc1C(=O)c1nc(N2CCN[C@@H](CC(C)C)C2)ccc1C(C)(F)F.[HH].[HH].[HH].[HH].[HH].[HH].[HH].[HH]. The molecule has 4 fully saturated rings. The molecule has 10 aromatic rings. The highest BCUT2D eigenvalue weighted by Crippen LogP contribution is 2.36. The first-order valence-electron chi connectivity index (χ1n) is 40.3. The lowest BCUT2D eigenvalue weighted by Crippen LogP contribution is -2.51. The molecule has 2 unspecified atom stereocenters. The second kappa shape index (κ2) is 39.6. The molecule has 0 saturated carbocycles. The van der Waals surface area contributed by atoms with Gasteiger partial charge in [0.15, 0.2) is 0 Å². The zero-order chi connectivity index (χ0) is 82.8. The van der Waals surface area contributed by atoms with Gasteiger partial charge in [-0.2, -0.15) is 0 Å². The highest BCUT2D eigenvalue weighted by Gasteiger charge is 2.36. The van der Waals surface area contributed by atoms with Crippen molar-refractivity contribution in [1.29, 1.82) is 0 Å². The smallest absolute Gasteiger partial charge is 0.272 e. The van der Waals surface area contributed by atoms with Crippen molar-refractivity contribution in [2.75, 3.05) is 98.1 Å². The molecule has 0 radical (unpaired) electrons. The van der Waals surface area contributed by atoms with E-state index in [1.165, 1.54) is 17.7 Å². The van der Waals surface area contributed by atoms with Crippen LogP contribution in [0, 0.1) is 39.5 Å². The third-order valence-electron chi connectivity index (χ3n) is 21.3. The van der Waals surface area contributed by atoms with Crippen molar-refractivity contribution >= 4 is 46.4 Å². The second-order valence-electron chi connectivity index (χ2n) is 31.0. The Morgan fingerprint density at radius 2 is 0.672 bits per heavy atom. The van der Waals surface area contributed by atoms with Crippen LogP contribution < -0.4 is 40.9 Å². The van der Waals surface area contributed by atoms with Crippen molar-refractivity contribution in [2.45, 2.75) is 145 Å². The number of halogens is 4. The normalized spacial score (nSPS) is 17.1. The average molecular weight is 1590 g/mol. The number of pyridine rings is 8. The van der Waals surface area contributed by atoms with Gasteiger partial charge in [-0.1, -0.05) is 114 Å². The van der Waals surface area contributed by atoms with Crippen molar-refractivity contribution in [3.8, 4) is 0 Å². The van der Waals surface area contributed by atoms with Crippen LogP contribution in [-0.4, -0.2) is 154 Å². The lowest BCUT2D eigenvalue weighted by molar-refractivity contribution is 0.0156. The van der Waals surface area contributed by atoms with Gasteiger partial charge in [-0.3, -0.25) is 39.1 Å². The summed E-state index contributed by atoms with van der Waals surface area (Å²) in [7, 11) is 0. The molecular weight excluding hydrogens is 1470 g/mol. The Kier molecular flexibility index (Phi) is 29.4. The van der Waals surface area contributed by atoms with Gasteiger partial charge in [0.2, 0.25) is 23.1 Å². The number of hydrogen-bond donors (Lipinski definition) is 4. The zero-order valence-electron chi connectivity index (χ0n) is 68.6. The maximum absolute atomic E-state index is 14.3. The molecule has 8 aromatic heterocycles. The lowest BCUT2D eigenvalue weighted by Gasteiger charge is -2.35. The van der Waals surface area contributed by atoms with E-state index in [-0.39, 0.29) is 63.1 Å². The Balaban J connectivity index is 0.000000418. The van der Waals surface area contributed by atoms with Crippen LogP contribution in [0.15, 0.2) is 183 Å². The van der Waals surface area contributed by atoms with Gasteiger partial charge in [0, 0.05) is 198 Å². The predicted molar refractivity (Wildman–Crippen MR) is 467 cm³/mol. The third-order valence-corrected chi connectivity index (χ3v) is 21.3. The number of nitrogens with one attached hydrogen (secondary N) is 4. The Labute approximate surface area is 691 Å². The summed E-state index contributed by atoms with van der Waals surface area (Å²) in [6.45, 7) is 31.2. The van der Waals surface area contributed by atoms with Gasteiger partial charge in [-0.25, -0.2) is 37.5 Å². The fourth-order valence-electron chi connectivity index (χ4n) is 15.2. The first kappa shape index (κ1) is 86.0. The van der Waals surface area contributed by atoms with Crippen LogP contribution >= 0.6 is 0 Å². The van der Waals surface area contributed by atoms with E-state index < -0.39 is 23.4 Å². The highest BCUT2D eigenvalue weighted by atomic mass is 19.3. The van der Waals surface area contributed by atoms with Crippen molar-refractivity contribution in [3.63, 3.8) is 0 Å². The summed E-state index contributed by atoms with van der Waals surface area (Å²) in [5, 5.41) is 14.2. The number of benzene rings is 2. The fraction of sp³-hybridized carbons (Fsp3) is 0.391. The molecule has 0 aliphatic carbocycles. The summed E-state index contributed by atoms with van der Waals surface area (Å²) >= 11 is 0. The lowest BCUT2D eigenvalue weighted by atomic mass is 9.99. The minimum absolute atomic E-state index is 0. The number of nitrogens with zero attached hydrogens (tertiary/aromatic N) is 12. The fourth-order valence-corrected chi connectivity index (χ4v) is 15.2. The zero-order valence-corrected chi connectivity index (χ0v) is 68.6. The standard InChI is InChI=1S/C24H24F2N4O.C24H26N4O.C22H28F2N4O.C22H30N4O.8H2/c1-16-18(9-6-12-27-16)23(31)22-19(24(2,25)26)10-11-21(29-22)30-14-13-28-20(15-30)17-7-4-3-5-8-17;1-3-18-11-12-22(27-23(18)24(29)20-10-7-13-25-17(20)2)28-15-14-26-21(16-28)19-8-5-4-6-9-19;1-14(2)12-16-13-28(11-10-26-16)19-8-7-18(22(4,23)24)20(27-19)21(29)17-6-5-9-25-15(17)3;1-5-17-8-9-20(26-12-11-24-18(14-26)13-15(2)3)25-21(17)22(27)19-7-6-10-23-16(19)4;;;;;;;;/h3-12,20,28H,13-15H2,1-2H3;4-13,21,26H,3,14-16H2,1-2H3;5-9,14,16,26H,10-13H2,1-4H3;6-10,15,18,24H,5,11-14H2,1-4H3;8*1H/t;;16-;18-;;;;;;;;/m..00......../s1. The van der Waals surface area contributed by atoms with Crippen molar-refractivity contribution in [1.82, 2.24) is 61.1 Å². The van der Waals surface area contributed by atoms with Gasteiger partial charge in [0.25, 0.3) is 11.8 Å². The van der Waals surface area contributed by atoms with Gasteiger partial charge >= 0.3 is 0 Å². The van der Waals surface area contributed by atoms with Gasteiger partial charge in [0.05, 0.1) is 11.1 Å². The maximum Gasteiger partial charge on any atom is 0.272 e. The molecule has 14 rings (SSSR count). The largest absolute Gasteiger partial charge is 0.354 e. The van der Waals surface area contributed by atoms with E-state index >= 15 is 0 Å². The van der Waals surface area contributed by atoms with E-state index in [1.807, 2.05) is 73.3 Å². The summed E-state index contributed by atoms with van der Waals surface area (Å²) in [4.78, 5) is 96.7. The highest BCUT2D eigenvalue weighted by molar-refractivity contribution is 6.11. The van der Waals surface area contributed by atoms with E-state index in [9.17, 15) is 36.7 Å². The molecule has 4 aliphatic heterocycles. The number of anilines is 4. The monoisotopic (exact) mass is 1590 g/mol. The van der Waals surface area contributed by atoms with E-state index in [0.717, 1.165) is 138 Å². The van der Waals surface area contributed by atoms with E-state index in [0.29, 0.717) is 94.7 Å². The molecule has 2 aromatic carbocycles. The minimum atomic E-state index is -3.19. The number of alkyl halides is 4. The summed E-state index contributed by atoms with van der Waals surface area (Å²) in [6, 6.07) is 49.3. The van der Waals surface area contributed by atoms with Crippen LogP contribution in [0.3, 0.4) is 0 Å². The van der Waals surface area contributed by atoms with Gasteiger partial charge in [-0.15, -0.1) is 0 Å². The van der Waals surface area contributed by atoms with Crippen LogP contribution in [0.4, 0.5) is 40.8 Å². The Morgan fingerprint density at radius 3 is 0.966 bits per heavy atom. The molecule has 24 heteroatoms. The van der Waals surface area contributed by atoms with Gasteiger partial charge in [-0.05, 0) is 172 Å². The van der Waals surface area contributed by atoms with Crippen LogP contribution in [-0.2, 0) is 24.7 Å². The van der Waals surface area contributed by atoms with Crippen LogP contribution in [0.5, 0.6) is 0 Å². The number of piperazine rings is 4. The molecule has 4 aliphatic rings. The van der Waals surface area contributed by atoms with Crippen molar-refractivity contribution in [3.05, 3.63) is 284 Å². The first-order chi connectivity index (χ1) is 55.7. The Bertz CT molecular complexity index is 5050. The number of carbonyl (C=O) groups excluding carboxylic acids is 4. The number of rotatable bonds is 22. The average Bonchev–Trinajstić information content (AvgIpc) is 0.789. The summed E-state index contributed by atoms with van der Waals surface area (Å²) in [5.41, 5.74) is 8.59. The molecule has 0 amide bonds. The van der Waals surface area contributed by atoms with Crippen molar-refractivity contribution in [2.24, 2.45) is 11.8 Å². The molecule has 20 nitrogen and oxygen atoms in total. The van der Waals surface area contributed by atoms with Crippen LogP contribution in [0.1, 0.15) is 212 Å². The number of carbonyl (C=O) groups is 4. The molecule has 4 N–H and O–H groups in total. The number of aryl methyl sites for hydroxylation is 6. The number of ketones is 4. The van der Waals surface area contributed by atoms with E-state index in [1.54, 1.807) is 81.1 Å². The van der Waals surface area contributed by atoms with Crippen LogP contribution in [0.25, 0.3) is 0 Å². The molecule has 0 bridgehead atoms. The Morgan fingerprint density at radius 1 is 0.388 bits per heavy atom. The maximum atomic E-state index is 14.3. The Hall–Kier alpha value is -10.9. The van der Waals surface area contributed by atoms with Crippen LogP contribution in [0.2, 0.25) is 0 Å². The third kappa shape index (κ3) is 22.0. The molecule has 4 atom stereocenters. The summed E-state index contributed by atoms with van der Waals surface area (Å²) in [5.74, 6) is -3.49. The molecule has 12 heterocycles. The first-order valence-corrected chi connectivity index (χ1v) is 40.3. The molecular formula is C92H124F4N16O4. The number of hydrogen-bond acceptors (Lipinski definition) is 20. The minimum Gasteiger partial charge on any atom is -0.354 e. The van der Waals surface area contributed by atoms with Gasteiger partial charge in [0.1, 0.15) is 46.0 Å². The molecule has 4 saturated heterocycles. The van der Waals surface area contributed by atoms with E-state index in [2.05, 4.69) is 156 Å². The summed E-state index contributed by atoms with van der Waals surface area (Å²) in [6.07, 6.45) is 10.3. The molecule has 624 valence electrons. The predicted octanol–water partition coefficient (Wildman–Crippen LogP) is 17.3. The quantitative estimate of drug-likeness (QED) is 0.0365. The van der Waals surface area contributed by atoms with Crippen molar-refractivity contribution < 1.29 is 48.2 Å². The topological polar surface area (TPSA) is 232 Å².